The molecule has 1 aromatic heterocycles. The SMILES string of the molecule is Cc1c(NC(=O)N2CCC(c3ccnn3C)CC2)cccc1OCC(F)(F)F. The number of alkyl halides is 3. The van der Waals surface area contributed by atoms with Gasteiger partial charge in [0.25, 0.3) is 0 Å². The molecule has 2 amide bonds. The Bertz CT molecular complexity index is 827. The van der Waals surface area contributed by atoms with Crippen LogP contribution in [0.2, 0.25) is 0 Å². The number of urea groups is 1. The summed E-state index contributed by atoms with van der Waals surface area (Å²) in [5.74, 6) is 0.461. The van der Waals surface area contributed by atoms with Gasteiger partial charge in [0.2, 0.25) is 0 Å². The van der Waals surface area contributed by atoms with Crippen LogP contribution < -0.4 is 10.1 Å². The summed E-state index contributed by atoms with van der Waals surface area (Å²) in [5.41, 5.74) is 2.06. The van der Waals surface area contributed by atoms with Crippen molar-refractivity contribution in [2.75, 3.05) is 25.0 Å². The van der Waals surface area contributed by atoms with E-state index < -0.39 is 12.8 Å². The van der Waals surface area contributed by atoms with Crippen LogP contribution >= 0.6 is 0 Å². The maximum Gasteiger partial charge on any atom is 0.422 e. The zero-order valence-corrected chi connectivity index (χ0v) is 15.8. The van der Waals surface area contributed by atoms with Gasteiger partial charge in [-0.05, 0) is 38.0 Å². The molecule has 1 saturated heterocycles. The lowest BCUT2D eigenvalue weighted by Crippen LogP contribution is -2.40. The Labute approximate surface area is 161 Å². The number of anilines is 1. The van der Waals surface area contributed by atoms with Crippen molar-refractivity contribution in [3.05, 3.63) is 41.7 Å². The predicted octanol–water partition coefficient (Wildman–Crippen LogP) is 4.08. The fourth-order valence-electron chi connectivity index (χ4n) is 3.42. The van der Waals surface area contributed by atoms with Crippen molar-refractivity contribution in [3.63, 3.8) is 0 Å². The molecule has 1 N–H and O–H groups in total. The number of halogens is 3. The number of nitrogens with one attached hydrogen (secondary N) is 1. The molecule has 2 aromatic rings. The number of hydrogen-bond donors (Lipinski definition) is 1. The Kier molecular flexibility index (Phi) is 5.81. The number of nitrogens with zero attached hydrogens (tertiary/aromatic N) is 3. The first-order valence-electron chi connectivity index (χ1n) is 9.07. The van der Waals surface area contributed by atoms with E-state index in [4.69, 9.17) is 4.74 Å². The van der Waals surface area contributed by atoms with E-state index in [-0.39, 0.29) is 11.8 Å². The molecule has 1 aromatic carbocycles. The van der Waals surface area contributed by atoms with Gasteiger partial charge in [0, 0.05) is 49.2 Å². The molecular weight excluding hydrogens is 373 g/mol. The zero-order valence-electron chi connectivity index (χ0n) is 15.8. The van der Waals surface area contributed by atoms with Gasteiger partial charge in [-0.2, -0.15) is 18.3 Å². The number of rotatable bonds is 4. The van der Waals surface area contributed by atoms with Gasteiger partial charge in [-0.1, -0.05) is 6.07 Å². The van der Waals surface area contributed by atoms with Gasteiger partial charge in [0.15, 0.2) is 6.61 Å². The Morgan fingerprint density at radius 2 is 2.00 bits per heavy atom. The van der Waals surface area contributed by atoms with Crippen LogP contribution in [0.25, 0.3) is 0 Å². The molecular formula is C19H23F3N4O2. The van der Waals surface area contributed by atoms with Crippen LogP contribution in [0.5, 0.6) is 5.75 Å². The maximum absolute atomic E-state index is 12.6. The first kappa shape index (κ1) is 20.0. The van der Waals surface area contributed by atoms with E-state index >= 15 is 0 Å². The minimum absolute atomic E-state index is 0.102. The third-order valence-electron chi connectivity index (χ3n) is 4.98. The van der Waals surface area contributed by atoms with E-state index in [2.05, 4.69) is 10.4 Å². The van der Waals surface area contributed by atoms with E-state index in [0.717, 1.165) is 18.5 Å². The van der Waals surface area contributed by atoms with Crippen molar-refractivity contribution < 1.29 is 22.7 Å². The molecule has 0 unspecified atom stereocenters. The Morgan fingerprint density at radius 1 is 1.29 bits per heavy atom. The van der Waals surface area contributed by atoms with E-state index in [1.807, 2.05) is 17.8 Å². The summed E-state index contributed by atoms with van der Waals surface area (Å²) >= 11 is 0. The van der Waals surface area contributed by atoms with E-state index in [9.17, 15) is 18.0 Å². The standard InChI is InChI=1S/C19H23F3N4O2/c1-13-15(4-3-5-17(13)28-12-19(20,21)22)24-18(27)26-10-7-14(8-11-26)16-6-9-23-25(16)2/h3-6,9,14H,7-8,10-12H2,1-2H3,(H,24,27). The second kappa shape index (κ2) is 8.12. The monoisotopic (exact) mass is 396 g/mol. The number of hydrogen-bond acceptors (Lipinski definition) is 3. The summed E-state index contributed by atoms with van der Waals surface area (Å²) in [6, 6.07) is 6.39. The number of carbonyl (C=O) groups is 1. The van der Waals surface area contributed by atoms with Crippen molar-refractivity contribution in [1.82, 2.24) is 14.7 Å². The van der Waals surface area contributed by atoms with Crippen molar-refractivity contribution in [2.45, 2.75) is 31.9 Å². The lowest BCUT2D eigenvalue weighted by atomic mass is 9.93. The molecule has 28 heavy (non-hydrogen) atoms. The van der Waals surface area contributed by atoms with Crippen molar-refractivity contribution in [2.24, 2.45) is 7.05 Å². The van der Waals surface area contributed by atoms with Gasteiger partial charge in [0.05, 0.1) is 0 Å². The third kappa shape index (κ3) is 4.76. The summed E-state index contributed by atoms with van der Waals surface area (Å²) in [6.45, 7) is 1.46. The highest BCUT2D eigenvalue weighted by Gasteiger charge is 2.29. The molecule has 152 valence electrons. The van der Waals surface area contributed by atoms with Crippen LogP contribution in [0.3, 0.4) is 0 Å². The van der Waals surface area contributed by atoms with Gasteiger partial charge in [-0.15, -0.1) is 0 Å². The van der Waals surface area contributed by atoms with Crippen LogP contribution in [-0.4, -0.2) is 46.6 Å². The molecule has 0 bridgehead atoms. The predicted molar refractivity (Wildman–Crippen MR) is 98.5 cm³/mol. The fraction of sp³-hybridized carbons (Fsp3) is 0.474. The van der Waals surface area contributed by atoms with Crippen molar-refractivity contribution >= 4 is 11.7 Å². The number of amides is 2. The highest BCUT2D eigenvalue weighted by atomic mass is 19.4. The van der Waals surface area contributed by atoms with Crippen LogP contribution in [0.4, 0.5) is 23.7 Å². The largest absolute Gasteiger partial charge is 0.484 e. The van der Waals surface area contributed by atoms with Crippen LogP contribution in [0.1, 0.15) is 30.0 Å². The highest BCUT2D eigenvalue weighted by Crippen LogP contribution is 2.30. The van der Waals surface area contributed by atoms with Crippen molar-refractivity contribution in [1.29, 1.82) is 0 Å². The van der Waals surface area contributed by atoms with E-state index in [1.165, 1.54) is 6.07 Å². The molecule has 1 aliphatic rings. The number of likely N-dealkylation sites (tertiary alicyclic amines) is 1. The molecule has 2 heterocycles. The smallest absolute Gasteiger partial charge is 0.422 e. The highest BCUT2D eigenvalue weighted by molar-refractivity contribution is 5.90. The summed E-state index contributed by atoms with van der Waals surface area (Å²) in [6.07, 6.45) is -0.976. The van der Waals surface area contributed by atoms with Crippen LogP contribution in [-0.2, 0) is 7.05 Å². The number of piperidine rings is 1. The Hall–Kier alpha value is -2.71. The van der Waals surface area contributed by atoms with Gasteiger partial charge in [-0.3, -0.25) is 4.68 Å². The quantitative estimate of drug-likeness (QED) is 0.847. The molecule has 0 aliphatic carbocycles. The van der Waals surface area contributed by atoms with Crippen molar-refractivity contribution in [3.8, 4) is 5.75 Å². The van der Waals surface area contributed by atoms with Gasteiger partial charge in [-0.25, -0.2) is 4.79 Å². The molecule has 9 heteroatoms. The number of aryl methyl sites for hydroxylation is 1. The maximum atomic E-state index is 12.6. The summed E-state index contributed by atoms with van der Waals surface area (Å²) in [5, 5.41) is 6.98. The van der Waals surface area contributed by atoms with Gasteiger partial charge < -0.3 is 15.0 Å². The van der Waals surface area contributed by atoms with Crippen LogP contribution in [0.15, 0.2) is 30.5 Å². The van der Waals surface area contributed by atoms with E-state index in [0.29, 0.717) is 30.3 Å². The molecule has 0 atom stereocenters. The lowest BCUT2D eigenvalue weighted by molar-refractivity contribution is -0.153. The number of ether oxygens (including phenoxy) is 1. The summed E-state index contributed by atoms with van der Waals surface area (Å²) in [7, 11) is 1.91. The molecule has 0 spiro atoms. The van der Waals surface area contributed by atoms with E-state index in [1.54, 1.807) is 30.2 Å². The number of carbonyl (C=O) groups excluding carboxylic acids is 1. The summed E-state index contributed by atoms with van der Waals surface area (Å²) in [4.78, 5) is 14.3. The lowest BCUT2D eigenvalue weighted by Gasteiger charge is -2.32. The molecule has 3 rings (SSSR count). The molecule has 1 fully saturated rings. The molecule has 0 saturated carbocycles. The molecule has 0 radical (unpaired) electrons. The Morgan fingerprint density at radius 3 is 2.61 bits per heavy atom. The van der Waals surface area contributed by atoms with Crippen LogP contribution in [0, 0.1) is 6.92 Å². The number of benzene rings is 1. The van der Waals surface area contributed by atoms with Gasteiger partial charge in [0.1, 0.15) is 5.75 Å². The first-order valence-corrected chi connectivity index (χ1v) is 9.07. The topological polar surface area (TPSA) is 59.4 Å². The minimum atomic E-state index is -4.41. The normalized spacial score (nSPS) is 15.5. The average molecular weight is 396 g/mol. The zero-order chi connectivity index (χ0) is 20.3. The third-order valence-corrected chi connectivity index (χ3v) is 4.98. The Balaban J connectivity index is 1.59. The second-order valence-corrected chi connectivity index (χ2v) is 6.90. The second-order valence-electron chi connectivity index (χ2n) is 6.90. The molecule has 1 aliphatic heterocycles. The fourth-order valence-corrected chi connectivity index (χ4v) is 3.42. The average Bonchev–Trinajstić information content (AvgIpc) is 3.08. The number of aromatic nitrogens is 2. The summed E-state index contributed by atoms with van der Waals surface area (Å²) < 4.78 is 43.8. The first-order chi connectivity index (χ1) is 13.2. The molecule has 6 nitrogen and oxygen atoms in total. The minimum Gasteiger partial charge on any atom is -0.484 e. The van der Waals surface area contributed by atoms with Gasteiger partial charge >= 0.3 is 12.2 Å².